The monoisotopic (exact) mass is 235 g/mol. The molecule has 0 radical (unpaired) electrons. The molecule has 1 aromatic heterocycles. The van der Waals surface area contributed by atoms with Crippen LogP contribution in [0, 0.1) is 10.8 Å². The third-order valence-electron chi connectivity index (χ3n) is 4.77. The molecule has 1 saturated carbocycles. The van der Waals surface area contributed by atoms with Gasteiger partial charge in [0.05, 0.1) is 12.0 Å². The van der Waals surface area contributed by atoms with E-state index in [0.717, 1.165) is 19.5 Å². The maximum Gasteiger partial charge on any atom is 0.0948 e. The minimum Gasteiger partial charge on any atom is -0.333 e. The van der Waals surface area contributed by atoms with Gasteiger partial charge in [-0.25, -0.2) is 4.98 Å². The van der Waals surface area contributed by atoms with Crippen molar-refractivity contribution in [3.8, 4) is 0 Å². The molecule has 2 rings (SSSR count). The molecule has 0 unspecified atom stereocenters. The standard InChI is InChI=1S/C14H25N3/c1-6-7-17-10-15-8-11(17)9-16-12-13(2,3)14(12,4)5/h8,10,12,16H,6-7,9H2,1-5H3. The van der Waals surface area contributed by atoms with Gasteiger partial charge < -0.3 is 9.88 Å². The highest BCUT2D eigenvalue weighted by molar-refractivity contribution is 5.18. The van der Waals surface area contributed by atoms with E-state index < -0.39 is 0 Å². The van der Waals surface area contributed by atoms with Crippen molar-refractivity contribution in [3.63, 3.8) is 0 Å². The van der Waals surface area contributed by atoms with E-state index in [1.807, 2.05) is 12.5 Å². The van der Waals surface area contributed by atoms with Gasteiger partial charge in [-0.3, -0.25) is 0 Å². The Hall–Kier alpha value is -0.830. The molecule has 1 heterocycles. The van der Waals surface area contributed by atoms with Crippen molar-refractivity contribution in [1.82, 2.24) is 14.9 Å². The lowest BCUT2D eigenvalue weighted by molar-refractivity contribution is 0.457. The molecule has 0 amide bonds. The van der Waals surface area contributed by atoms with E-state index in [2.05, 4.69) is 49.5 Å². The Morgan fingerprint density at radius 2 is 1.94 bits per heavy atom. The molecular weight excluding hydrogens is 210 g/mol. The minimum atomic E-state index is 0.405. The van der Waals surface area contributed by atoms with Crippen molar-refractivity contribution in [2.45, 2.75) is 60.2 Å². The Labute approximate surface area is 105 Å². The quantitative estimate of drug-likeness (QED) is 0.850. The largest absolute Gasteiger partial charge is 0.333 e. The first-order valence-electron chi connectivity index (χ1n) is 6.63. The van der Waals surface area contributed by atoms with Gasteiger partial charge >= 0.3 is 0 Å². The second-order valence-corrected chi connectivity index (χ2v) is 6.34. The summed E-state index contributed by atoms with van der Waals surface area (Å²) in [6.45, 7) is 13.6. The fraction of sp³-hybridized carbons (Fsp3) is 0.786. The second kappa shape index (κ2) is 4.13. The maximum absolute atomic E-state index is 4.23. The third kappa shape index (κ3) is 2.01. The number of hydrogen-bond donors (Lipinski definition) is 1. The highest BCUT2D eigenvalue weighted by Gasteiger charge is 2.64. The molecule has 1 fully saturated rings. The number of aromatic nitrogens is 2. The van der Waals surface area contributed by atoms with Crippen LogP contribution in [-0.4, -0.2) is 15.6 Å². The summed E-state index contributed by atoms with van der Waals surface area (Å²) < 4.78 is 2.25. The van der Waals surface area contributed by atoms with Crippen molar-refractivity contribution in [3.05, 3.63) is 18.2 Å². The van der Waals surface area contributed by atoms with E-state index in [1.165, 1.54) is 5.69 Å². The lowest BCUT2D eigenvalue weighted by Crippen LogP contribution is -2.23. The Balaban J connectivity index is 1.93. The molecule has 1 N–H and O–H groups in total. The first-order valence-corrected chi connectivity index (χ1v) is 6.63. The zero-order valence-electron chi connectivity index (χ0n) is 11.7. The summed E-state index contributed by atoms with van der Waals surface area (Å²) in [5, 5.41) is 3.68. The van der Waals surface area contributed by atoms with E-state index in [1.54, 1.807) is 0 Å². The first-order chi connectivity index (χ1) is 7.91. The molecule has 0 aliphatic heterocycles. The normalized spacial score (nSPS) is 21.7. The molecular formula is C14H25N3. The van der Waals surface area contributed by atoms with Gasteiger partial charge in [-0.1, -0.05) is 34.6 Å². The zero-order valence-corrected chi connectivity index (χ0v) is 11.7. The van der Waals surface area contributed by atoms with Crippen molar-refractivity contribution in [1.29, 1.82) is 0 Å². The predicted octanol–water partition coefficient (Wildman–Crippen LogP) is 2.82. The summed E-state index contributed by atoms with van der Waals surface area (Å²) >= 11 is 0. The Morgan fingerprint density at radius 3 is 2.47 bits per heavy atom. The summed E-state index contributed by atoms with van der Waals surface area (Å²) in [7, 11) is 0. The van der Waals surface area contributed by atoms with Gasteiger partial charge in [0.1, 0.15) is 0 Å². The van der Waals surface area contributed by atoms with Crippen LogP contribution < -0.4 is 5.32 Å². The van der Waals surface area contributed by atoms with Gasteiger partial charge in [-0.15, -0.1) is 0 Å². The van der Waals surface area contributed by atoms with Crippen LogP contribution in [0.2, 0.25) is 0 Å². The van der Waals surface area contributed by atoms with Crippen molar-refractivity contribution >= 4 is 0 Å². The van der Waals surface area contributed by atoms with E-state index in [0.29, 0.717) is 16.9 Å². The van der Waals surface area contributed by atoms with Crippen LogP contribution in [0.5, 0.6) is 0 Å². The Bertz CT molecular complexity index is 376. The summed E-state index contributed by atoms with van der Waals surface area (Å²) in [5.41, 5.74) is 2.11. The molecule has 17 heavy (non-hydrogen) atoms. The molecule has 1 aromatic rings. The maximum atomic E-state index is 4.23. The van der Waals surface area contributed by atoms with Gasteiger partial charge in [0, 0.05) is 25.3 Å². The summed E-state index contributed by atoms with van der Waals surface area (Å²) in [6.07, 6.45) is 5.07. The molecule has 1 aliphatic carbocycles. The topological polar surface area (TPSA) is 29.9 Å². The van der Waals surface area contributed by atoms with Crippen LogP contribution in [0.3, 0.4) is 0 Å². The SMILES string of the molecule is CCCn1cncc1CNC1C(C)(C)C1(C)C. The zero-order chi connectivity index (χ0) is 12.7. The fourth-order valence-corrected chi connectivity index (χ4v) is 2.85. The molecule has 0 atom stereocenters. The number of hydrogen-bond acceptors (Lipinski definition) is 2. The Morgan fingerprint density at radius 1 is 1.29 bits per heavy atom. The van der Waals surface area contributed by atoms with Crippen LogP contribution >= 0.6 is 0 Å². The second-order valence-electron chi connectivity index (χ2n) is 6.34. The van der Waals surface area contributed by atoms with Gasteiger partial charge in [-0.05, 0) is 17.3 Å². The van der Waals surface area contributed by atoms with Crippen LogP contribution in [0.25, 0.3) is 0 Å². The van der Waals surface area contributed by atoms with E-state index in [9.17, 15) is 0 Å². The van der Waals surface area contributed by atoms with Crippen LogP contribution in [0.1, 0.15) is 46.7 Å². The highest BCUT2D eigenvalue weighted by Crippen LogP contribution is 2.62. The van der Waals surface area contributed by atoms with Crippen molar-refractivity contribution in [2.24, 2.45) is 10.8 Å². The number of aryl methyl sites for hydroxylation is 1. The number of nitrogens with one attached hydrogen (secondary N) is 1. The predicted molar refractivity (Wildman–Crippen MR) is 70.7 cm³/mol. The minimum absolute atomic E-state index is 0.405. The molecule has 3 heteroatoms. The number of nitrogens with zero attached hydrogens (tertiary/aromatic N) is 2. The molecule has 0 spiro atoms. The molecule has 3 nitrogen and oxygen atoms in total. The van der Waals surface area contributed by atoms with E-state index in [-0.39, 0.29) is 0 Å². The summed E-state index contributed by atoms with van der Waals surface area (Å²) in [4.78, 5) is 4.23. The number of rotatable bonds is 5. The van der Waals surface area contributed by atoms with Gasteiger partial charge in [0.2, 0.25) is 0 Å². The molecule has 0 saturated heterocycles. The first kappa shape index (κ1) is 12.6. The van der Waals surface area contributed by atoms with E-state index in [4.69, 9.17) is 0 Å². The average molecular weight is 235 g/mol. The number of imidazole rings is 1. The lowest BCUT2D eigenvalue weighted by Gasteiger charge is -2.09. The average Bonchev–Trinajstić information content (AvgIpc) is 2.59. The summed E-state index contributed by atoms with van der Waals surface area (Å²) in [5.74, 6) is 0. The smallest absolute Gasteiger partial charge is 0.0948 e. The molecule has 0 bridgehead atoms. The highest BCUT2D eigenvalue weighted by atomic mass is 15.1. The van der Waals surface area contributed by atoms with Gasteiger partial charge in [-0.2, -0.15) is 0 Å². The van der Waals surface area contributed by atoms with Crippen molar-refractivity contribution in [2.75, 3.05) is 0 Å². The van der Waals surface area contributed by atoms with Crippen molar-refractivity contribution < 1.29 is 0 Å². The molecule has 0 aromatic carbocycles. The van der Waals surface area contributed by atoms with Crippen LogP contribution in [0.4, 0.5) is 0 Å². The summed E-state index contributed by atoms with van der Waals surface area (Å²) in [6, 6.07) is 0.611. The molecule has 96 valence electrons. The van der Waals surface area contributed by atoms with E-state index >= 15 is 0 Å². The lowest BCUT2D eigenvalue weighted by atomic mass is 10.0. The van der Waals surface area contributed by atoms with Gasteiger partial charge in [0.25, 0.3) is 0 Å². The van der Waals surface area contributed by atoms with Crippen LogP contribution in [0.15, 0.2) is 12.5 Å². The van der Waals surface area contributed by atoms with Crippen LogP contribution in [-0.2, 0) is 13.1 Å². The third-order valence-corrected chi connectivity index (χ3v) is 4.77. The fourth-order valence-electron chi connectivity index (χ4n) is 2.85. The van der Waals surface area contributed by atoms with Gasteiger partial charge in [0.15, 0.2) is 0 Å². The molecule has 1 aliphatic rings. The Kier molecular flexibility index (Phi) is 3.06.